The predicted molar refractivity (Wildman–Crippen MR) is 70.3 cm³/mol. The van der Waals surface area contributed by atoms with Crippen molar-refractivity contribution in [3.8, 4) is 5.69 Å². The average molecular weight is 281 g/mol. The Hall–Kier alpha value is -1.92. The minimum Gasteiger partial charge on any atom is -0.465 e. The summed E-state index contributed by atoms with van der Waals surface area (Å²) in [6.07, 6.45) is 0. The maximum Gasteiger partial charge on any atom is 0.339 e. The highest BCUT2D eigenvalue weighted by molar-refractivity contribution is 6.33. The Morgan fingerprint density at radius 3 is 2.89 bits per heavy atom. The van der Waals surface area contributed by atoms with E-state index in [1.54, 1.807) is 29.8 Å². The number of halogens is 1. The Morgan fingerprint density at radius 1 is 1.53 bits per heavy atom. The molecule has 0 saturated carbocycles. The van der Waals surface area contributed by atoms with Crippen LogP contribution in [0.1, 0.15) is 22.0 Å². The molecule has 1 aromatic heterocycles. The number of benzene rings is 1. The van der Waals surface area contributed by atoms with Crippen molar-refractivity contribution >= 4 is 17.6 Å². The Kier molecular flexibility index (Phi) is 3.82. The third-order valence-electron chi connectivity index (χ3n) is 2.56. The van der Waals surface area contributed by atoms with Crippen LogP contribution in [0.3, 0.4) is 0 Å². The Bertz CT molecular complexity index is 624. The van der Waals surface area contributed by atoms with Gasteiger partial charge in [0, 0.05) is 0 Å². The van der Waals surface area contributed by atoms with Crippen molar-refractivity contribution in [3.05, 3.63) is 40.4 Å². The van der Waals surface area contributed by atoms with E-state index in [-0.39, 0.29) is 12.1 Å². The van der Waals surface area contributed by atoms with Crippen LogP contribution < -0.4 is 5.73 Å². The van der Waals surface area contributed by atoms with Crippen LogP contribution in [0.2, 0.25) is 5.02 Å². The van der Waals surface area contributed by atoms with Gasteiger partial charge >= 0.3 is 5.97 Å². The van der Waals surface area contributed by atoms with Crippen LogP contribution in [-0.2, 0) is 11.3 Å². The number of ether oxygens (including phenoxy) is 1. The molecular formula is C12H13ClN4O2. The van der Waals surface area contributed by atoms with Gasteiger partial charge in [0.25, 0.3) is 0 Å². The van der Waals surface area contributed by atoms with Crippen molar-refractivity contribution in [2.24, 2.45) is 5.73 Å². The standard InChI is InChI=1S/C12H13ClN4O2/c1-7-15-11(6-14)17(16-7)8-3-4-10(13)9(5-8)12(18)19-2/h3-5H,6,14H2,1-2H3. The topological polar surface area (TPSA) is 83.0 Å². The maximum absolute atomic E-state index is 11.6. The van der Waals surface area contributed by atoms with Gasteiger partial charge in [-0.2, -0.15) is 5.10 Å². The summed E-state index contributed by atoms with van der Waals surface area (Å²) in [4.78, 5) is 15.8. The minimum absolute atomic E-state index is 0.247. The van der Waals surface area contributed by atoms with Crippen LogP contribution in [0.25, 0.3) is 5.69 Å². The van der Waals surface area contributed by atoms with Crippen molar-refractivity contribution in [2.45, 2.75) is 13.5 Å². The highest BCUT2D eigenvalue weighted by atomic mass is 35.5. The van der Waals surface area contributed by atoms with Gasteiger partial charge in [-0.25, -0.2) is 14.5 Å². The van der Waals surface area contributed by atoms with Crippen LogP contribution in [0.4, 0.5) is 0 Å². The van der Waals surface area contributed by atoms with Gasteiger partial charge in [-0.1, -0.05) is 11.6 Å². The quantitative estimate of drug-likeness (QED) is 0.861. The monoisotopic (exact) mass is 280 g/mol. The van der Waals surface area contributed by atoms with E-state index in [2.05, 4.69) is 14.8 Å². The summed E-state index contributed by atoms with van der Waals surface area (Å²) >= 11 is 5.97. The number of hydrogen-bond donors (Lipinski definition) is 1. The number of nitrogens with two attached hydrogens (primary N) is 1. The Labute approximate surface area is 115 Å². The summed E-state index contributed by atoms with van der Waals surface area (Å²) in [5.41, 5.74) is 6.55. The average Bonchev–Trinajstić information content (AvgIpc) is 2.79. The van der Waals surface area contributed by atoms with E-state index in [9.17, 15) is 4.79 Å². The number of hydrogen-bond acceptors (Lipinski definition) is 5. The third kappa shape index (κ3) is 2.59. The molecule has 0 radical (unpaired) electrons. The summed E-state index contributed by atoms with van der Waals surface area (Å²) in [5, 5.41) is 4.56. The molecule has 0 aliphatic rings. The lowest BCUT2D eigenvalue weighted by molar-refractivity contribution is 0.0601. The molecule has 0 atom stereocenters. The number of carbonyl (C=O) groups is 1. The normalized spacial score (nSPS) is 10.5. The van der Waals surface area contributed by atoms with Gasteiger partial charge in [-0.3, -0.25) is 0 Å². The van der Waals surface area contributed by atoms with E-state index < -0.39 is 5.97 Å². The second-order valence-electron chi connectivity index (χ2n) is 3.85. The van der Waals surface area contributed by atoms with Crippen LogP contribution in [0.15, 0.2) is 18.2 Å². The lowest BCUT2D eigenvalue weighted by atomic mass is 10.2. The summed E-state index contributed by atoms with van der Waals surface area (Å²) in [6.45, 7) is 2.02. The summed E-state index contributed by atoms with van der Waals surface area (Å²) in [6, 6.07) is 4.95. The molecule has 0 fully saturated rings. The molecule has 0 unspecified atom stereocenters. The largest absolute Gasteiger partial charge is 0.465 e. The first-order valence-electron chi connectivity index (χ1n) is 5.57. The maximum atomic E-state index is 11.6. The van der Waals surface area contributed by atoms with Crippen LogP contribution in [0.5, 0.6) is 0 Å². The molecule has 19 heavy (non-hydrogen) atoms. The summed E-state index contributed by atoms with van der Waals surface area (Å²) in [7, 11) is 1.30. The van der Waals surface area contributed by atoms with E-state index in [1.807, 2.05) is 0 Å². The SMILES string of the molecule is COC(=O)c1cc(-n2nc(C)nc2CN)ccc1Cl. The summed E-state index contributed by atoms with van der Waals surface area (Å²) < 4.78 is 6.26. The number of carbonyl (C=O) groups excluding carboxylic acids is 1. The zero-order chi connectivity index (χ0) is 14.0. The smallest absolute Gasteiger partial charge is 0.339 e. The number of nitrogens with zero attached hydrogens (tertiary/aromatic N) is 3. The number of methoxy groups -OCH3 is 1. The molecule has 2 rings (SSSR count). The lowest BCUT2D eigenvalue weighted by Crippen LogP contribution is -2.09. The van der Waals surface area contributed by atoms with E-state index in [4.69, 9.17) is 17.3 Å². The van der Waals surface area contributed by atoms with Crippen molar-refractivity contribution in [1.29, 1.82) is 0 Å². The number of aryl methyl sites for hydroxylation is 1. The van der Waals surface area contributed by atoms with Crippen molar-refractivity contribution in [2.75, 3.05) is 7.11 Å². The molecule has 0 amide bonds. The van der Waals surface area contributed by atoms with Gasteiger partial charge < -0.3 is 10.5 Å². The van der Waals surface area contributed by atoms with Crippen LogP contribution in [0, 0.1) is 6.92 Å². The van der Waals surface area contributed by atoms with E-state index in [0.29, 0.717) is 22.4 Å². The van der Waals surface area contributed by atoms with Crippen molar-refractivity contribution < 1.29 is 9.53 Å². The van der Waals surface area contributed by atoms with Crippen molar-refractivity contribution in [3.63, 3.8) is 0 Å². The molecule has 2 aromatic rings. The molecule has 0 saturated heterocycles. The van der Waals surface area contributed by atoms with Gasteiger partial charge in [0.05, 0.1) is 29.9 Å². The van der Waals surface area contributed by atoms with Crippen LogP contribution >= 0.6 is 11.6 Å². The van der Waals surface area contributed by atoms with Crippen molar-refractivity contribution in [1.82, 2.24) is 14.8 Å². The zero-order valence-corrected chi connectivity index (χ0v) is 11.3. The molecule has 0 bridgehead atoms. The fourth-order valence-electron chi connectivity index (χ4n) is 1.71. The lowest BCUT2D eigenvalue weighted by Gasteiger charge is -2.07. The third-order valence-corrected chi connectivity index (χ3v) is 2.89. The van der Waals surface area contributed by atoms with Gasteiger partial charge in [0.1, 0.15) is 11.6 Å². The second-order valence-corrected chi connectivity index (χ2v) is 4.25. The fourth-order valence-corrected chi connectivity index (χ4v) is 1.90. The van der Waals surface area contributed by atoms with Gasteiger partial charge in [-0.15, -0.1) is 0 Å². The van der Waals surface area contributed by atoms with E-state index in [0.717, 1.165) is 0 Å². The highest BCUT2D eigenvalue weighted by Gasteiger charge is 2.14. The first-order chi connectivity index (χ1) is 9.06. The first-order valence-corrected chi connectivity index (χ1v) is 5.95. The van der Waals surface area contributed by atoms with E-state index >= 15 is 0 Å². The van der Waals surface area contributed by atoms with Gasteiger partial charge in [-0.05, 0) is 25.1 Å². The molecule has 2 N–H and O–H groups in total. The fraction of sp³-hybridized carbons (Fsp3) is 0.250. The molecule has 0 aliphatic heterocycles. The Morgan fingerprint density at radius 2 is 2.26 bits per heavy atom. The number of aromatic nitrogens is 3. The van der Waals surface area contributed by atoms with E-state index in [1.165, 1.54) is 7.11 Å². The zero-order valence-electron chi connectivity index (χ0n) is 10.6. The molecule has 0 aliphatic carbocycles. The molecule has 1 heterocycles. The number of esters is 1. The molecule has 100 valence electrons. The van der Waals surface area contributed by atoms with Crippen LogP contribution in [-0.4, -0.2) is 27.8 Å². The molecular weight excluding hydrogens is 268 g/mol. The Balaban J connectivity index is 2.54. The molecule has 0 spiro atoms. The summed E-state index contributed by atoms with van der Waals surface area (Å²) in [5.74, 6) is 0.712. The van der Waals surface area contributed by atoms with Gasteiger partial charge in [0.15, 0.2) is 0 Å². The first kappa shape index (κ1) is 13.5. The minimum atomic E-state index is -0.502. The predicted octanol–water partition coefficient (Wildman–Crippen LogP) is 1.47. The van der Waals surface area contributed by atoms with Gasteiger partial charge in [0.2, 0.25) is 0 Å². The molecule has 7 heteroatoms. The molecule has 1 aromatic carbocycles. The number of rotatable bonds is 3. The highest BCUT2D eigenvalue weighted by Crippen LogP contribution is 2.21. The molecule has 6 nitrogen and oxygen atoms in total. The second kappa shape index (κ2) is 5.38.